The number of hydrogen-bond donors (Lipinski definition) is 0. The number of pyridine rings is 1. The summed E-state index contributed by atoms with van der Waals surface area (Å²) in [4.78, 5) is 4.95. The summed E-state index contributed by atoms with van der Waals surface area (Å²) in [5.74, 6) is -1.09. The Morgan fingerprint density at radius 2 is 1.80 bits per heavy atom. The first-order valence-electron chi connectivity index (χ1n) is 7.50. The summed E-state index contributed by atoms with van der Waals surface area (Å²) in [5.41, 5.74) is 2.33. The standard InChI is InChI=1S/C19H11F2N3S/c20-15-6-5-12(9-14(15)19-16(21)3-1-7-22-19)13-10-17(24-23-11-13)18-4-2-8-25-18/h1-11H. The summed E-state index contributed by atoms with van der Waals surface area (Å²) in [7, 11) is 0. The molecule has 6 heteroatoms. The highest BCUT2D eigenvalue weighted by atomic mass is 32.1. The normalized spacial score (nSPS) is 10.8. The van der Waals surface area contributed by atoms with Gasteiger partial charge in [0.2, 0.25) is 0 Å². The van der Waals surface area contributed by atoms with Gasteiger partial charge in [0.25, 0.3) is 0 Å². The van der Waals surface area contributed by atoms with Crippen LogP contribution < -0.4 is 0 Å². The number of nitrogens with zero attached hydrogens (tertiary/aromatic N) is 3. The number of thiophene rings is 1. The van der Waals surface area contributed by atoms with Gasteiger partial charge in [-0.15, -0.1) is 16.4 Å². The lowest BCUT2D eigenvalue weighted by Crippen LogP contribution is -1.93. The summed E-state index contributed by atoms with van der Waals surface area (Å²) in [6.07, 6.45) is 3.04. The van der Waals surface area contributed by atoms with Gasteiger partial charge in [0.15, 0.2) is 0 Å². The molecule has 0 unspecified atom stereocenters. The maximum absolute atomic E-state index is 14.2. The van der Waals surface area contributed by atoms with E-state index >= 15 is 0 Å². The molecule has 0 saturated carbocycles. The maximum Gasteiger partial charge on any atom is 0.149 e. The van der Waals surface area contributed by atoms with E-state index in [2.05, 4.69) is 15.2 Å². The summed E-state index contributed by atoms with van der Waals surface area (Å²) < 4.78 is 28.2. The lowest BCUT2D eigenvalue weighted by Gasteiger charge is -2.08. The first-order valence-corrected chi connectivity index (χ1v) is 8.38. The second-order valence-corrected chi connectivity index (χ2v) is 6.28. The fourth-order valence-corrected chi connectivity index (χ4v) is 3.22. The molecule has 0 aliphatic heterocycles. The van der Waals surface area contributed by atoms with Gasteiger partial charge in [-0.05, 0) is 47.3 Å². The Morgan fingerprint density at radius 3 is 2.60 bits per heavy atom. The maximum atomic E-state index is 14.2. The fraction of sp³-hybridized carbons (Fsp3) is 0. The zero-order valence-electron chi connectivity index (χ0n) is 12.9. The van der Waals surface area contributed by atoms with Crippen LogP contribution in [0.2, 0.25) is 0 Å². The van der Waals surface area contributed by atoms with E-state index < -0.39 is 11.6 Å². The lowest BCUT2D eigenvalue weighted by atomic mass is 10.0. The molecule has 0 bridgehead atoms. The minimum Gasteiger partial charge on any atom is -0.253 e. The van der Waals surface area contributed by atoms with Crippen LogP contribution in [0.3, 0.4) is 0 Å². The second-order valence-electron chi connectivity index (χ2n) is 5.34. The largest absolute Gasteiger partial charge is 0.253 e. The molecule has 0 atom stereocenters. The van der Waals surface area contributed by atoms with E-state index in [9.17, 15) is 8.78 Å². The highest BCUT2D eigenvalue weighted by molar-refractivity contribution is 7.13. The topological polar surface area (TPSA) is 38.7 Å². The van der Waals surface area contributed by atoms with Gasteiger partial charge in [-0.2, -0.15) is 5.10 Å². The van der Waals surface area contributed by atoms with Crippen LogP contribution in [0.25, 0.3) is 33.0 Å². The van der Waals surface area contributed by atoms with E-state index in [-0.39, 0.29) is 11.3 Å². The van der Waals surface area contributed by atoms with E-state index in [1.165, 1.54) is 24.4 Å². The number of halogens is 2. The van der Waals surface area contributed by atoms with E-state index in [0.717, 1.165) is 16.1 Å². The molecule has 0 aliphatic carbocycles. The van der Waals surface area contributed by atoms with Crippen LogP contribution in [0, 0.1) is 11.6 Å². The molecule has 0 aliphatic rings. The summed E-state index contributed by atoms with van der Waals surface area (Å²) in [6, 6.07) is 13.0. The molecule has 4 aromatic rings. The van der Waals surface area contributed by atoms with Gasteiger partial charge in [0.05, 0.1) is 11.1 Å². The Morgan fingerprint density at radius 1 is 0.880 bits per heavy atom. The highest BCUT2D eigenvalue weighted by Gasteiger charge is 2.13. The zero-order chi connectivity index (χ0) is 17.2. The highest BCUT2D eigenvalue weighted by Crippen LogP contribution is 2.31. The van der Waals surface area contributed by atoms with E-state index in [1.54, 1.807) is 29.7 Å². The molecule has 25 heavy (non-hydrogen) atoms. The summed E-state index contributed by atoms with van der Waals surface area (Å²) in [5, 5.41) is 10.1. The van der Waals surface area contributed by atoms with Crippen molar-refractivity contribution in [1.82, 2.24) is 15.2 Å². The van der Waals surface area contributed by atoms with Gasteiger partial charge in [-0.1, -0.05) is 12.1 Å². The Kier molecular flexibility index (Phi) is 4.03. The zero-order valence-corrected chi connectivity index (χ0v) is 13.7. The quantitative estimate of drug-likeness (QED) is 0.508. The van der Waals surface area contributed by atoms with Gasteiger partial charge in [0, 0.05) is 17.3 Å². The van der Waals surface area contributed by atoms with Crippen LogP contribution in [-0.4, -0.2) is 15.2 Å². The molecule has 3 heterocycles. The van der Waals surface area contributed by atoms with Crippen LogP contribution in [-0.2, 0) is 0 Å². The molecule has 0 radical (unpaired) electrons. The number of hydrogen-bond acceptors (Lipinski definition) is 4. The SMILES string of the molecule is Fc1ccc(-c2cnnc(-c3cccs3)c2)cc1-c1ncccc1F. The Hall–Kier alpha value is -2.99. The van der Waals surface area contributed by atoms with Gasteiger partial charge in [-0.25, -0.2) is 8.78 Å². The van der Waals surface area contributed by atoms with Crippen LogP contribution in [0.5, 0.6) is 0 Å². The third-order valence-electron chi connectivity index (χ3n) is 3.74. The molecule has 3 aromatic heterocycles. The Bertz CT molecular complexity index is 1030. The molecular weight excluding hydrogens is 340 g/mol. The Labute approximate surface area is 146 Å². The van der Waals surface area contributed by atoms with Crippen molar-refractivity contribution in [3.05, 3.63) is 77.9 Å². The molecule has 3 nitrogen and oxygen atoms in total. The van der Waals surface area contributed by atoms with Crippen molar-refractivity contribution < 1.29 is 8.78 Å². The minimum absolute atomic E-state index is 0.0117. The molecule has 0 N–H and O–H groups in total. The monoisotopic (exact) mass is 351 g/mol. The first kappa shape index (κ1) is 15.5. The average Bonchev–Trinajstić information content (AvgIpc) is 3.18. The van der Waals surface area contributed by atoms with Crippen molar-refractivity contribution in [2.24, 2.45) is 0 Å². The van der Waals surface area contributed by atoms with Gasteiger partial charge >= 0.3 is 0 Å². The summed E-state index contributed by atoms with van der Waals surface area (Å²) in [6.45, 7) is 0. The van der Waals surface area contributed by atoms with Crippen molar-refractivity contribution in [1.29, 1.82) is 0 Å². The molecule has 0 saturated heterocycles. The summed E-state index contributed by atoms with van der Waals surface area (Å²) >= 11 is 1.56. The molecular formula is C19H11F2N3S. The number of aromatic nitrogens is 3. The predicted octanol–water partition coefficient (Wildman–Crippen LogP) is 5.21. The smallest absolute Gasteiger partial charge is 0.149 e. The molecule has 1 aromatic carbocycles. The van der Waals surface area contributed by atoms with E-state index in [1.807, 2.05) is 23.6 Å². The van der Waals surface area contributed by atoms with Crippen LogP contribution in [0.1, 0.15) is 0 Å². The van der Waals surface area contributed by atoms with Crippen molar-refractivity contribution in [2.75, 3.05) is 0 Å². The third kappa shape index (κ3) is 3.04. The van der Waals surface area contributed by atoms with Gasteiger partial charge in [-0.3, -0.25) is 4.98 Å². The van der Waals surface area contributed by atoms with Gasteiger partial charge in [0.1, 0.15) is 23.0 Å². The van der Waals surface area contributed by atoms with E-state index in [4.69, 9.17) is 0 Å². The molecule has 122 valence electrons. The predicted molar refractivity (Wildman–Crippen MR) is 93.9 cm³/mol. The Balaban J connectivity index is 1.81. The molecule has 0 spiro atoms. The lowest BCUT2D eigenvalue weighted by molar-refractivity contribution is 0.611. The number of rotatable bonds is 3. The second kappa shape index (κ2) is 6.49. The molecule has 0 fully saturated rings. The first-order chi connectivity index (χ1) is 12.2. The fourth-order valence-electron chi connectivity index (χ4n) is 2.54. The molecule has 4 rings (SSSR count). The van der Waals surface area contributed by atoms with Crippen molar-refractivity contribution in [3.8, 4) is 33.0 Å². The van der Waals surface area contributed by atoms with Crippen LogP contribution in [0.4, 0.5) is 8.78 Å². The minimum atomic E-state index is -0.564. The molecule has 0 amide bonds. The number of benzene rings is 1. The van der Waals surface area contributed by atoms with Crippen LogP contribution >= 0.6 is 11.3 Å². The van der Waals surface area contributed by atoms with E-state index in [0.29, 0.717) is 5.56 Å². The van der Waals surface area contributed by atoms with Crippen molar-refractivity contribution >= 4 is 11.3 Å². The average molecular weight is 351 g/mol. The van der Waals surface area contributed by atoms with Gasteiger partial charge < -0.3 is 0 Å². The third-order valence-corrected chi connectivity index (χ3v) is 4.63. The van der Waals surface area contributed by atoms with Crippen LogP contribution in [0.15, 0.2) is 66.3 Å². The van der Waals surface area contributed by atoms with Crippen molar-refractivity contribution in [2.45, 2.75) is 0 Å². The van der Waals surface area contributed by atoms with Crippen molar-refractivity contribution in [3.63, 3.8) is 0 Å².